The first-order chi connectivity index (χ1) is 9.57. The summed E-state index contributed by atoms with van der Waals surface area (Å²) in [7, 11) is 1.79. The average molecular weight is 274 g/mol. The van der Waals surface area contributed by atoms with E-state index >= 15 is 0 Å². The maximum absolute atomic E-state index is 12.2. The Morgan fingerprint density at radius 2 is 2.30 bits per heavy atom. The van der Waals surface area contributed by atoms with E-state index in [1.807, 2.05) is 24.3 Å². The van der Waals surface area contributed by atoms with Crippen LogP contribution in [0.5, 0.6) is 0 Å². The Morgan fingerprint density at radius 1 is 1.50 bits per heavy atom. The zero-order chi connectivity index (χ0) is 14.2. The van der Waals surface area contributed by atoms with Crippen LogP contribution in [-0.2, 0) is 4.74 Å². The van der Waals surface area contributed by atoms with Crippen molar-refractivity contribution < 1.29 is 9.53 Å². The maximum Gasteiger partial charge on any atom is 0.322 e. The van der Waals surface area contributed by atoms with Gasteiger partial charge in [-0.15, -0.1) is 0 Å². The highest BCUT2D eigenvalue weighted by molar-refractivity contribution is 5.88. The van der Waals surface area contributed by atoms with Crippen LogP contribution in [0, 0.1) is 5.41 Å². The van der Waals surface area contributed by atoms with Gasteiger partial charge >= 0.3 is 6.03 Å². The molecule has 3 heterocycles. The zero-order valence-electron chi connectivity index (χ0n) is 11.7. The van der Waals surface area contributed by atoms with Gasteiger partial charge in [0.25, 0.3) is 0 Å². The predicted molar refractivity (Wildman–Crippen MR) is 75.8 cm³/mol. The fraction of sp³-hybridized carbons (Fsp3) is 0.429. The molecule has 0 unspecified atom stereocenters. The number of aromatic nitrogens is 2. The Bertz CT molecular complexity index is 633. The van der Waals surface area contributed by atoms with Gasteiger partial charge in [-0.2, -0.15) is 5.10 Å². The van der Waals surface area contributed by atoms with Crippen LogP contribution in [-0.4, -0.2) is 47.4 Å². The quantitative estimate of drug-likeness (QED) is 0.929. The molecule has 106 valence electrons. The number of ether oxygens (including phenoxy) is 1. The number of fused-ring (bicyclic) bond motifs is 1. The average Bonchev–Trinajstić information content (AvgIpc) is 2.86. The molecule has 2 amide bonds. The van der Waals surface area contributed by atoms with Crippen LogP contribution in [0.15, 0.2) is 30.5 Å². The molecule has 1 saturated heterocycles. The molecule has 6 nitrogen and oxygen atoms in total. The smallest absolute Gasteiger partial charge is 0.322 e. The van der Waals surface area contributed by atoms with Gasteiger partial charge in [0.15, 0.2) is 0 Å². The Hall–Kier alpha value is -2.08. The molecule has 0 spiro atoms. The Labute approximate surface area is 117 Å². The molecule has 0 aliphatic carbocycles. The number of hydrogen-bond donors (Lipinski definition) is 1. The van der Waals surface area contributed by atoms with E-state index in [9.17, 15) is 4.79 Å². The van der Waals surface area contributed by atoms with Crippen LogP contribution in [0.3, 0.4) is 0 Å². The maximum atomic E-state index is 12.2. The fourth-order valence-electron chi connectivity index (χ4n) is 2.44. The minimum atomic E-state index is -0.138. The number of carbonyl (C=O) groups is 1. The monoisotopic (exact) mass is 274 g/mol. The Kier molecular flexibility index (Phi) is 3.10. The second kappa shape index (κ2) is 4.79. The summed E-state index contributed by atoms with van der Waals surface area (Å²) in [6.45, 7) is 4.21. The van der Waals surface area contributed by atoms with E-state index in [0.29, 0.717) is 25.6 Å². The lowest BCUT2D eigenvalue weighted by Crippen LogP contribution is -2.50. The number of nitrogens with one attached hydrogen (secondary N) is 1. The topological polar surface area (TPSA) is 58.9 Å². The van der Waals surface area contributed by atoms with Crippen molar-refractivity contribution >= 4 is 17.4 Å². The van der Waals surface area contributed by atoms with E-state index in [1.165, 1.54) is 0 Å². The molecule has 1 N–H and O–H groups in total. The lowest BCUT2D eigenvalue weighted by Gasteiger charge is -2.40. The van der Waals surface area contributed by atoms with E-state index in [2.05, 4.69) is 17.3 Å². The summed E-state index contributed by atoms with van der Waals surface area (Å²) in [6.07, 6.45) is 1.71. The van der Waals surface area contributed by atoms with Crippen molar-refractivity contribution in [1.82, 2.24) is 14.5 Å². The molecular formula is C14H18N4O2. The van der Waals surface area contributed by atoms with E-state index in [0.717, 1.165) is 5.52 Å². The minimum absolute atomic E-state index is 0.0732. The molecular weight excluding hydrogens is 256 g/mol. The van der Waals surface area contributed by atoms with Crippen molar-refractivity contribution in [2.24, 2.45) is 5.41 Å². The third kappa shape index (κ3) is 2.34. The molecule has 20 heavy (non-hydrogen) atoms. The van der Waals surface area contributed by atoms with Crippen molar-refractivity contribution in [2.75, 3.05) is 32.1 Å². The number of rotatable bonds is 3. The van der Waals surface area contributed by atoms with Crippen molar-refractivity contribution in [3.05, 3.63) is 30.5 Å². The van der Waals surface area contributed by atoms with E-state index in [4.69, 9.17) is 4.74 Å². The molecule has 0 radical (unpaired) electrons. The van der Waals surface area contributed by atoms with Crippen molar-refractivity contribution in [3.8, 4) is 0 Å². The summed E-state index contributed by atoms with van der Waals surface area (Å²) < 4.78 is 6.92. The number of urea groups is 1. The normalized spacial score (nSPS) is 16.7. The summed E-state index contributed by atoms with van der Waals surface area (Å²) >= 11 is 0. The largest absolute Gasteiger partial charge is 0.380 e. The van der Waals surface area contributed by atoms with Gasteiger partial charge in [0.05, 0.1) is 24.9 Å². The van der Waals surface area contributed by atoms with Gasteiger partial charge in [-0.25, -0.2) is 9.31 Å². The van der Waals surface area contributed by atoms with Gasteiger partial charge in [-0.05, 0) is 18.2 Å². The van der Waals surface area contributed by atoms with Crippen LogP contribution < -0.4 is 5.32 Å². The first kappa shape index (κ1) is 12.9. The Balaban J connectivity index is 1.70. The SMILES string of the molecule is CN(CC1(C)COC1)C(=O)Nc1cccc2ccnn12. The number of hydrogen-bond acceptors (Lipinski definition) is 3. The molecule has 2 aromatic rings. The highest BCUT2D eigenvalue weighted by atomic mass is 16.5. The number of carbonyl (C=O) groups excluding carboxylic acids is 1. The number of anilines is 1. The highest BCUT2D eigenvalue weighted by Gasteiger charge is 2.35. The molecule has 0 aromatic carbocycles. The first-order valence-corrected chi connectivity index (χ1v) is 6.60. The minimum Gasteiger partial charge on any atom is -0.380 e. The summed E-state index contributed by atoms with van der Waals surface area (Å²) in [5, 5.41) is 7.08. The van der Waals surface area contributed by atoms with Gasteiger partial charge in [0.2, 0.25) is 0 Å². The Morgan fingerprint density at radius 3 is 3.00 bits per heavy atom. The van der Waals surface area contributed by atoms with E-state index in [-0.39, 0.29) is 11.4 Å². The standard InChI is InChI=1S/C14H18N4O2/c1-14(9-20-10-14)8-17(2)13(19)16-12-5-3-4-11-6-7-15-18(11)12/h3-7H,8-10H2,1-2H3,(H,16,19). The van der Waals surface area contributed by atoms with Gasteiger partial charge in [0, 0.05) is 19.0 Å². The predicted octanol–water partition coefficient (Wildman–Crippen LogP) is 1.83. The van der Waals surface area contributed by atoms with Crippen LogP contribution in [0.25, 0.3) is 5.52 Å². The molecule has 0 saturated carbocycles. The summed E-state index contributed by atoms with van der Waals surface area (Å²) in [5.74, 6) is 0.666. The summed E-state index contributed by atoms with van der Waals surface area (Å²) in [5.41, 5.74) is 1.02. The third-order valence-corrected chi connectivity index (χ3v) is 3.52. The van der Waals surface area contributed by atoms with E-state index in [1.54, 1.807) is 22.7 Å². The molecule has 3 rings (SSSR count). The second-order valence-corrected chi connectivity index (χ2v) is 5.67. The third-order valence-electron chi connectivity index (χ3n) is 3.52. The fourth-order valence-corrected chi connectivity index (χ4v) is 2.44. The molecule has 1 aliphatic heterocycles. The molecule has 2 aromatic heterocycles. The molecule has 1 fully saturated rings. The molecule has 0 atom stereocenters. The molecule has 1 aliphatic rings. The number of pyridine rings is 1. The van der Waals surface area contributed by atoms with Crippen LogP contribution >= 0.6 is 0 Å². The van der Waals surface area contributed by atoms with Crippen molar-refractivity contribution in [2.45, 2.75) is 6.92 Å². The first-order valence-electron chi connectivity index (χ1n) is 6.60. The second-order valence-electron chi connectivity index (χ2n) is 5.67. The highest BCUT2D eigenvalue weighted by Crippen LogP contribution is 2.27. The van der Waals surface area contributed by atoms with Gasteiger partial charge in [-0.3, -0.25) is 5.32 Å². The van der Waals surface area contributed by atoms with Crippen molar-refractivity contribution in [3.63, 3.8) is 0 Å². The number of nitrogens with zero attached hydrogens (tertiary/aromatic N) is 3. The summed E-state index contributed by atoms with van der Waals surface area (Å²) in [4.78, 5) is 13.9. The molecule has 6 heteroatoms. The van der Waals surface area contributed by atoms with Gasteiger partial charge in [-0.1, -0.05) is 13.0 Å². The van der Waals surface area contributed by atoms with Crippen molar-refractivity contribution in [1.29, 1.82) is 0 Å². The van der Waals surface area contributed by atoms with E-state index < -0.39 is 0 Å². The molecule has 0 bridgehead atoms. The lowest BCUT2D eigenvalue weighted by molar-refractivity contribution is -0.108. The van der Waals surface area contributed by atoms with Gasteiger partial charge in [0.1, 0.15) is 5.82 Å². The van der Waals surface area contributed by atoms with Crippen LogP contribution in [0.1, 0.15) is 6.92 Å². The number of amides is 2. The van der Waals surface area contributed by atoms with Gasteiger partial charge < -0.3 is 9.64 Å². The van der Waals surface area contributed by atoms with Crippen LogP contribution in [0.2, 0.25) is 0 Å². The van der Waals surface area contributed by atoms with Crippen LogP contribution in [0.4, 0.5) is 10.6 Å². The summed E-state index contributed by atoms with van der Waals surface area (Å²) in [6, 6.07) is 7.43. The zero-order valence-corrected chi connectivity index (χ0v) is 11.7. The lowest BCUT2D eigenvalue weighted by atomic mass is 9.88.